The first-order valence-electron chi connectivity index (χ1n) is 6.28. The smallest absolute Gasteiger partial charge is 0.251 e. The van der Waals surface area contributed by atoms with Gasteiger partial charge in [-0.05, 0) is 24.1 Å². The van der Waals surface area contributed by atoms with Crippen LogP contribution in [0.1, 0.15) is 35.3 Å². The number of benzene rings is 1. The Bertz CT molecular complexity index is 554. The van der Waals surface area contributed by atoms with Crippen LogP contribution in [0, 0.1) is 0 Å². The van der Waals surface area contributed by atoms with Gasteiger partial charge in [0.15, 0.2) is 0 Å². The predicted octanol–water partition coefficient (Wildman–Crippen LogP) is 2.54. The van der Waals surface area contributed by atoms with Crippen LogP contribution in [0.5, 0.6) is 0 Å². The summed E-state index contributed by atoms with van der Waals surface area (Å²) in [5, 5.41) is 3.00. The van der Waals surface area contributed by atoms with Crippen LogP contribution in [0.2, 0.25) is 0 Å². The second-order valence-corrected chi connectivity index (χ2v) is 4.31. The van der Waals surface area contributed by atoms with Crippen LogP contribution >= 0.6 is 0 Å². The fourth-order valence-corrected chi connectivity index (χ4v) is 1.94. The third kappa shape index (κ3) is 3.31. The SMILES string of the molecule is CCC(NC(=O)c1ccnc(N)c1)c1ccccc1. The molecule has 0 radical (unpaired) electrons. The lowest BCUT2D eigenvalue weighted by molar-refractivity contribution is 0.0935. The van der Waals surface area contributed by atoms with Crippen LogP contribution in [0.25, 0.3) is 0 Å². The van der Waals surface area contributed by atoms with Crippen molar-refractivity contribution in [1.82, 2.24) is 10.3 Å². The van der Waals surface area contributed by atoms with Crippen LogP contribution in [0.3, 0.4) is 0 Å². The van der Waals surface area contributed by atoms with Crippen molar-refractivity contribution >= 4 is 11.7 Å². The van der Waals surface area contributed by atoms with Gasteiger partial charge in [0, 0.05) is 11.8 Å². The maximum absolute atomic E-state index is 12.1. The molecule has 4 nitrogen and oxygen atoms in total. The van der Waals surface area contributed by atoms with Crippen molar-refractivity contribution in [2.24, 2.45) is 0 Å². The number of carbonyl (C=O) groups excluding carboxylic acids is 1. The molecule has 98 valence electrons. The molecule has 1 aromatic carbocycles. The highest BCUT2D eigenvalue weighted by molar-refractivity contribution is 5.94. The molecule has 0 saturated carbocycles. The molecule has 0 aliphatic rings. The standard InChI is InChI=1S/C15H17N3O/c1-2-13(11-6-4-3-5-7-11)18-15(19)12-8-9-17-14(16)10-12/h3-10,13H,2H2,1H3,(H2,16,17)(H,18,19). The van der Waals surface area contributed by atoms with E-state index in [0.29, 0.717) is 11.4 Å². The van der Waals surface area contributed by atoms with Gasteiger partial charge in [-0.3, -0.25) is 4.79 Å². The van der Waals surface area contributed by atoms with E-state index in [9.17, 15) is 4.79 Å². The molecule has 0 saturated heterocycles. The van der Waals surface area contributed by atoms with E-state index in [1.54, 1.807) is 12.1 Å². The Morgan fingerprint density at radius 1 is 1.32 bits per heavy atom. The second-order valence-electron chi connectivity index (χ2n) is 4.31. The number of pyridine rings is 1. The van der Waals surface area contributed by atoms with Gasteiger partial charge in [0.1, 0.15) is 5.82 Å². The lowest BCUT2D eigenvalue weighted by Gasteiger charge is -2.17. The number of hydrogen-bond acceptors (Lipinski definition) is 3. The Balaban J connectivity index is 2.13. The van der Waals surface area contributed by atoms with E-state index in [0.717, 1.165) is 12.0 Å². The maximum atomic E-state index is 12.1. The number of hydrogen-bond donors (Lipinski definition) is 2. The summed E-state index contributed by atoms with van der Waals surface area (Å²) in [6, 6.07) is 13.1. The van der Waals surface area contributed by atoms with Gasteiger partial charge >= 0.3 is 0 Å². The normalized spacial score (nSPS) is 11.8. The number of nitrogen functional groups attached to an aromatic ring is 1. The number of carbonyl (C=O) groups is 1. The zero-order chi connectivity index (χ0) is 13.7. The van der Waals surface area contributed by atoms with Crippen LogP contribution in [0.15, 0.2) is 48.7 Å². The zero-order valence-electron chi connectivity index (χ0n) is 10.8. The molecule has 3 N–H and O–H groups in total. The number of aromatic nitrogens is 1. The van der Waals surface area contributed by atoms with Crippen LogP contribution in [-0.2, 0) is 0 Å². The first-order valence-corrected chi connectivity index (χ1v) is 6.28. The molecule has 2 rings (SSSR count). The fourth-order valence-electron chi connectivity index (χ4n) is 1.94. The summed E-state index contributed by atoms with van der Waals surface area (Å²) >= 11 is 0. The van der Waals surface area contributed by atoms with Gasteiger partial charge in [-0.15, -0.1) is 0 Å². The molecule has 4 heteroatoms. The quantitative estimate of drug-likeness (QED) is 0.882. The van der Waals surface area contributed by atoms with E-state index in [1.807, 2.05) is 37.3 Å². The van der Waals surface area contributed by atoms with Gasteiger partial charge in [0.2, 0.25) is 0 Å². The largest absolute Gasteiger partial charge is 0.384 e. The van der Waals surface area contributed by atoms with E-state index in [-0.39, 0.29) is 11.9 Å². The number of anilines is 1. The molecular weight excluding hydrogens is 238 g/mol. The van der Waals surface area contributed by atoms with Gasteiger partial charge in [-0.25, -0.2) is 4.98 Å². The van der Waals surface area contributed by atoms with E-state index in [2.05, 4.69) is 10.3 Å². The number of nitrogens with one attached hydrogen (secondary N) is 1. The molecule has 19 heavy (non-hydrogen) atoms. The number of amides is 1. The van der Waals surface area contributed by atoms with E-state index in [4.69, 9.17) is 5.73 Å². The van der Waals surface area contributed by atoms with Gasteiger partial charge < -0.3 is 11.1 Å². The summed E-state index contributed by atoms with van der Waals surface area (Å²) in [5.41, 5.74) is 7.21. The molecule has 2 aromatic rings. The third-order valence-electron chi connectivity index (χ3n) is 2.96. The van der Waals surface area contributed by atoms with Crippen LogP contribution < -0.4 is 11.1 Å². The Kier molecular flexibility index (Phi) is 4.13. The monoisotopic (exact) mass is 255 g/mol. The molecule has 1 amide bonds. The van der Waals surface area contributed by atoms with Crippen LogP contribution in [-0.4, -0.2) is 10.9 Å². The molecule has 0 aliphatic heterocycles. The van der Waals surface area contributed by atoms with E-state index < -0.39 is 0 Å². The van der Waals surface area contributed by atoms with E-state index >= 15 is 0 Å². The summed E-state index contributed by atoms with van der Waals surface area (Å²) in [5.74, 6) is 0.213. The van der Waals surface area contributed by atoms with Gasteiger partial charge in [-0.1, -0.05) is 37.3 Å². The maximum Gasteiger partial charge on any atom is 0.251 e. The van der Waals surface area contributed by atoms with Crippen molar-refractivity contribution in [2.45, 2.75) is 19.4 Å². The van der Waals surface area contributed by atoms with Crippen molar-refractivity contribution in [3.05, 3.63) is 59.8 Å². The molecule has 0 spiro atoms. The minimum absolute atomic E-state index is 0.00286. The molecule has 0 aliphatic carbocycles. The Hall–Kier alpha value is -2.36. The molecule has 0 fully saturated rings. The number of nitrogens with two attached hydrogens (primary N) is 1. The van der Waals surface area contributed by atoms with E-state index in [1.165, 1.54) is 6.20 Å². The Morgan fingerprint density at radius 3 is 2.68 bits per heavy atom. The molecule has 1 atom stereocenters. The minimum atomic E-state index is -0.134. The molecular formula is C15H17N3O. The highest BCUT2D eigenvalue weighted by atomic mass is 16.1. The Labute approximate surface area is 112 Å². The average molecular weight is 255 g/mol. The molecule has 1 heterocycles. The van der Waals surface area contributed by atoms with Crippen molar-refractivity contribution in [3.8, 4) is 0 Å². The minimum Gasteiger partial charge on any atom is -0.384 e. The predicted molar refractivity (Wildman–Crippen MR) is 75.6 cm³/mol. The molecule has 0 bridgehead atoms. The summed E-state index contributed by atoms with van der Waals surface area (Å²) < 4.78 is 0. The highest BCUT2D eigenvalue weighted by Gasteiger charge is 2.13. The summed E-state index contributed by atoms with van der Waals surface area (Å²) in [6.45, 7) is 2.04. The van der Waals surface area contributed by atoms with Crippen molar-refractivity contribution in [3.63, 3.8) is 0 Å². The number of nitrogens with zero attached hydrogens (tertiary/aromatic N) is 1. The highest BCUT2D eigenvalue weighted by Crippen LogP contribution is 2.16. The number of rotatable bonds is 4. The Morgan fingerprint density at radius 2 is 2.05 bits per heavy atom. The summed E-state index contributed by atoms with van der Waals surface area (Å²) in [7, 11) is 0. The van der Waals surface area contributed by atoms with Crippen LogP contribution in [0.4, 0.5) is 5.82 Å². The van der Waals surface area contributed by atoms with Gasteiger partial charge in [0.05, 0.1) is 6.04 Å². The first kappa shape index (κ1) is 13.1. The lowest BCUT2D eigenvalue weighted by Crippen LogP contribution is -2.28. The molecule has 1 aromatic heterocycles. The average Bonchev–Trinajstić information content (AvgIpc) is 2.45. The first-order chi connectivity index (χ1) is 9.20. The van der Waals surface area contributed by atoms with Crippen molar-refractivity contribution in [1.29, 1.82) is 0 Å². The fraction of sp³-hybridized carbons (Fsp3) is 0.200. The third-order valence-corrected chi connectivity index (χ3v) is 2.96. The zero-order valence-corrected chi connectivity index (χ0v) is 10.8. The second kappa shape index (κ2) is 6.00. The van der Waals surface area contributed by atoms with Crippen molar-refractivity contribution in [2.75, 3.05) is 5.73 Å². The summed E-state index contributed by atoms with van der Waals surface area (Å²) in [6.07, 6.45) is 2.37. The summed E-state index contributed by atoms with van der Waals surface area (Å²) in [4.78, 5) is 16.0. The topological polar surface area (TPSA) is 68.0 Å². The van der Waals surface area contributed by atoms with Gasteiger partial charge in [-0.2, -0.15) is 0 Å². The lowest BCUT2D eigenvalue weighted by atomic mass is 10.0. The van der Waals surface area contributed by atoms with Gasteiger partial charge in [0.25, 0.3) is 5.91 Å². The van der Waals surface area contributed by atoms with Crippen molar-refractivity contribution < 1.29 is 4.79 Å². The molecule has 1 unspecified atom stereocenters.